The number of primary amides is 1. The lowest BCUT2D eigenvalue weighted by molar-refractivity contribution is -0.139. The van der Waals surface area contributed by atoms with Crippen LogP contribution < -0.4 is 30.0 Å². The van der Waals surface area contributed by atoms with E-state index in [1.807, 2.05) is 19.1 Å². The summed E-state index contributed by atoms with van der Waals surface area (Å²) >= 11 is 1.56. The Kier molecular flexibility index (Phi) is 15.2. The summed E-state index contributed by atoms with van der Waals surface area (Å²) in [6, 6.07) is 3.66. The van der Waals surface area contributed by atoms with Crippen LogP contribution in [0.15, 0.2) is 30.4 Å². The molecule has 5 atom stereocenters. The van der Waals surface area contributed by atoms with Gasteiger partial charge in [-0.2, -0.15) is 0 Å². The summed E-state index contributed by atoms with van der Waals surface area (Å²) in [5.74, 6) is 1.09. The summed E-state index contributed by atoms with van der Waals surface area (Å²) in [5, 5.41) is 10.5. The normalized spacial score (nSPS) is 22.6. The van der Waals surface area contributed by atoms with Gasteiger partial charge in [-0.1, -0.05) is 25.0 Å². The number of aliphatic hydroxyl groups excluding tert-OH is 1. The van der Waals surface area contributed by atoms with Crippen molar-refractivity contribution in [3.05, 3.63) is 35.9 Å². The number of aryl methyl sites for hydroxylation is 1. The van der Waals surface area contributed by atoms with Crippen molar-refractivity contribution in [2.75, 3.05) is 20.8 Å². The molecule has 3 aliphatic carbocycles. The Balaban J connectivity index is 0.00000315. The van der Waals surface area contributed by atoms with Crippen LogP contribution in [0.25, 0.3) is 10.9 Å². The number of aromatic nitrogens is 1. The number of nitrogens with zero attached hydrogens (tertiary/aromatic N) is 2. The van der Waals surface area contributed by atoms with Crippen LogP contribution in [0.4, 0.5) is 4.79 Å². The number of likely N-dealkylation sites (tertiary alicyclic amines) is 1. The topological polar surface area (TPSA) is 192 Å². The van der Waals surface area contributed by atoms with Gasteiger partial charge in [0.05, 0.1) is 19.2 Å². The van der Waals surface area contributed by atoms with Gasteiger partial charge in [-0.25, -0.2) is 9.78 Å². The molecule has 2 heterocycles. The summed E-state index contributed by atoms with van der Waals surface area (Å²) in [6.45, 7) is 9.48. The number of carbonyl (C=O) groups is 4. The number of alkyl carbamates (subject to hydrolysis) is 1. The van der Waals surface area contributed by atoms with E-state index in [2.05, 4.69) is 29.1 Å². The maximum Gasteiger partial charge on any atom is 0.408 e. The zero-order valence-corrected chi connectivity index (χ0v) is 36.0. The van der Waals surface area contributed by atoms with Gasteiger partial charge in [0.2, 0.25) is 23.6 Å². The van der Waals surface area contributed by atoms with E-state index in [0.717, 1.165) is 75.8 Å². The number of rotatable bonds is 18. The number of carbonyl (C=O) groups excluding carboxylic acids is 4. The summed E-state index contributed by atoms with van der Waals surface area (Å²) in [5.41, 5.74) is 6.65. The number of aliphatic hydroxyl groups is 1. The molecule has 3 unspecified atom stereocenters. The maximum absolute atomic E-state index is 14.2. The predicted molar refractivity (Wildman–Crippen MR) is 224 cm³/mol. The van der Waals surface area contributed by atoms with Gasteiger partial charge in [-0.3, -0.25) is 19.1 Å². The molecule has 3 saturated carbocycles. The number of methoxy groups -OCH3 is 1. The van der Waals surface area contributed by atoms with Crippen molar-refractivity contribution in [3.8, 4) is 17.4 Å². The highest BCUT2D eigenvalue weighted by atomic mass is 32.2. The molecular weight excluding hydrogens is 763 g/mol. The Morgan fingerprint density at radius 2 is 1.81 bits per heavy atom. The van der Waals surface area contributed by atoms with E-state index < -0.39 is 41.7 Å². The third-order valence-electron chi connectivity index (χ3n) is 11.1. The van der Waals surface area contributed by atoms with Crippen molar-refractivity contribution in [2.45, 2.75) is 146 Å². The Labute approximate surface area is 346 Å². The average molecular weight is 826 g/mol. The molecule has 1 aliphatic heterocycles. The van der Waals surface area contributed by atoms with Gasteiger partial charge in [-0.05, 0) is 122 Å². The number of nitrogens with two attached hydrogens (primary N) is 1. The van der Waals surface area contributed by atoms with E-state index in [1.165, 1.54) is 4.90 Å². The summed E-state index contributed by atoms with van der Waals surface area (Å²) in [4.78, 5) is 58.7. The third kappa shape index (κ3) is 12.2. The second-order valence-electron chi connectivity index (χ2n) is 17.1. The van der Waals surface area contributed by atoms with Gasteiger partial charge in [0.15, 0.2) is 0 Å². The van der Waals surface area contributed by atoms with Gasteiger partial charge in [-0.15, -0.1) is 0 Å². The van der Waals surface area contributed by atoms with Crippen LogP contribution in [-0.4, -0.2) is 94.2 Å². The number of ether oxygens (including phenoxy) is 4. The molecule has 6 rings (SSSR count). The van der Waals surface area contributed by atoms with E-state index in [4.69, 9.17) is 34.8 Å². The zero-order chi connectivity index (χ0) is 42.2. The van der Waals surface area contributed by atoms with E-state index in [9.17, 15) is 19.2 Å². The average Bonchev–Trinajstić information content (AvgIpc) is 4.07. The lowest BCUT2D eigenvalue weighted by Gasteiger charge is -2.29. The smallest absolute Gasteiger partial charge is 0.408 e. The van der Waals surface area contributed by atoms with Crippen molar-refractivity contribution in [3.63, 3.8) is 0 Å². The molecule has 4 amide bonds. The molecule has 14 nitrogen and oxygen atoms in total. The fourth-order valence-electron chi connectivity index (χ4n) is 7.19. The quantitative estimate of drug-likeness (QED) is 0.0752. The lowest BCUT2D eigenvalue weighted by atomic mass is 9.96. The van der Waals surface area contributed by atoms with Crippen LogP contribution in [0.1, 0.15) is 110 Å². The lowest BCUT2D eigenvalue weighted by Crippen LogP contribution is -2.53. The summed E-state index contributed by atoms with van der Waals surface area (Å²) in [7, 11) is 2.61. The second-order valence-corrected chi connectivity index (χ2v) is 18.5. The fourth-order valence-corrected chi connectivity index (χ4v) is 8.00. The van der Waals surface area contributed by atoms with Crippen LogP contribution in [-0.2, 0) is 19.1 Å². The number of hydrogen-bond donors (Lipinski definition) is 4. The molecular formula is C43H63N5O9S. The van der Waals surface area contributed by atoms with Crippen LogP contribution >= 0.6 is 11.9 Å². The summed E-state index contributed by atoms with van der Waals surface area (Å²) in [6.07, 6.45) is 13.1. The first-order valence-electron chi connectivity index (χ1n) is 20.6. The Morgan fingerprint density at radius 3 is 2.45 bits per heavy atom. The van der Waals surface area contributed by atoms with Crippen LogP contribution in [0.5, 0.6) is 17.4 Å². The highest BCUT2D eigenvalue weighted by molar-refractivity contribution is 7.99. The molecule has 1 saturated heterocycles. The van der Waals surface area contributed by atoms with Crippen molar-refractivity contribution < 1.29 is 43.2 Å². The van der Waals surface area contributed by atoms with Gasteiger partial charge >= 0.3 is 6.09 Å². The van der Waals surface area contributed by atoms with Crippen LogP contribution in [0.3, 0.4) is 0 Å². The monoisotopic (exact) mass is 825 g/mol. The van der Waals surface area contributed by atoms with Crippen molar-refractivity contribution in [1.82, 2.24) is 19.9 Å². The minimum Gasteiger partial charge on any atom is -0.496 e. The number of amides is 4. The molecule has 1 aromatic carbocycles. The molecule has 5 N–H and O–H groups in total. The highest BCUT2D eigenvalue weighted by Gasteiger charge is 2.45. The number of unbranched alkanes of at least 4 members (excludes halogenated alkanes) is 3. The predicted octanol–water partition coefficient (Wildman–Crippen LogP) is 6.28. The van der Waals surface area contributed by atoms with Crippen molar-refractivity contribution in [2.24, 2.45) is 17.6 Å². The number of allylic oxidation sites excluding steroid dienone is 2. The van der Waals surface area contributed by atoms with E-state index in [-0.39, 0.29) is 35.6 Å². The standard InChI is InChI=1S/C42H59N5O8S.CH4O/c1-25-33(52-6)18-17-29-34(23-35(45-36(25)29)54-27-14-12-15-27)53-28-22-32(37(43)48)47(24-28)39(50)31(44-40(51)55-41(2,3)4)16-11-9-7-8-10-13-26-21-30(26)38(49)46-56-42(5)19-20-42;1-2/h10,13,17-18,23,26-28,30-32H,7-9,11-12,14-16,19-22,24H2,1-6H3,(H2,43,48)(H,44,51)(H,46,49);2H,1H3/b13-10-;/t26?,28-,30?,31+,32?;/m1./s1. The molecule has 0 bridgehead atoms. The van der Waals surface area contributed by atoms with Crippen LogP contribution in [0, 0.1) is 18.8 Å². The van der Waals surface area contributed by atoms with Gasteiger partial charge < -0.3 is 40.0 Å². The van der Waals surface area contributed by atoms with Crippen molar-refractivity contribution in [1.29, 1.82) is 0 Å². The first kappa shape index (κ1) is 44.9. The first-order valence-corrected chi connectivity index (χ1v) is 21.4. The van der Waals surface area contributed by atoms with Gasteiger partial charge in [0.25, 0.3) is 0 Å². The highest BCUT2D eigenvalue weighted by Crippen LogP contribution is 2.47. The van der Waals surface area contributed by atoms with Crippen LogP contribution in [0.2, 0.25) is 0 Å². The maximum atomic E-state index is 14.2. The molecule has 320 valence electrons. The molecule has 58 heavy (non-hydrogen) atoms. The largest absolute Gasteiger partial charge is 0.496 e. The van der Waals surface area contributed by atoms with E-state index in [1.54, 1.807) is 45.9 Å². The number of nitrogens with one attached hydrogen (secondary N) is 2. The zero-order valence-electron chi connectivity index (χ0n) is 35.1. The van der Waals surface area contributed by atoms with Crippen molar-refractivity contribution >= 4 is 46.7 Å². The second kappa shape index (κ2) is 19.7. The minimum atomic E-state index is -0.929. The molecule has 0 spiro atoms. The number of benzene rings is 1. The Hall–Kier alpha value is -4.24. The molecule has 1 aromatic heterocycles. The number of hydrogen-bond acceptors (Lipinski definition) is 11. The molecule has 4 aliphatic rings. The summed E-state index contributed by atoms with van der Waals surface area (Å²) < 4.78 is 27.1. The number of fused-ring (bicyclic) bond motifs is 1. The third-order valence-corrected chi connectivity index (χ3v) is 12.3. The Morgan fingerprint density at radius 1 is 1.07 bits per heavy atom. The molecule has 15 heteroatoms. The SMILES string of the molecule is CO.COc1ccc2c(O[C@@H]3CC(C(N)=O)N(C(=O)[C@H](CCCCC/C=C\C4CC4C(=O)NSC4(C)CC4)NC(=O)OC(C)(C)C)C3)cc(OC3CCC3)nc2c1C. The fraction of sp³-hybridized carbons (Fsp3) is 0.651. The first-order chi connectivity index (χ1) is 27.6. The van der Waals surface area contributed by atoms with Gasteiger partial charge in [0, 0.05) is 41.2 Å². The number of pyridine rings is 1. The minimum absolute atomic E-state index is 0.0624. The van der Waals surface area contributed by atoms with E-state index >= 15 is 0 Å². The van der Waals surface area contributed by atoms with Gasteiger partial charge in [0.1, 0.15) is 41.4 Å². The Bertz CT molecular complexity index is 1810. The molecule has 2 aromatic rings. The molecule has 0 radical (unpaired) electrons. The molecule has 4 fully saturated rings. The van der Waals surface area contributed by atoms with E-state index in [0.29, 0.717) is 41.7 Å².